The number of rotatable bonds is 3. The van der Waals surface area contributed by atoms with Gasteiger partial charge in [-0.05, 0) is 41.1 Å². The molecule has 1 aromatic heterocycles. The van der Waals surface area contributed by atoms with Crippen molar-refractivity contribution in [1.29, 1.82) is 10.5 Å². The summed E-state index contributed by atoms with van der Waals surface area (Å²) in [7, 11) is 0. The first-order valence-corrected chi connectivity index (χ1v) is 8.49. The van der Waals surface area contributed by atoms with Crippen LogP contribution in [0.5, 0.6) is 0 Å². The minimum absolute atomic E-state index is 0.529. The smallest absolute Gasteiger partial charge is 0.136 e. The summed E-state index contributed by atoms with van der Waals surface area (Å²) in [5.41, 5.74) is 2.69. The Balaban J connectivity index is 1.78. The van der Waals surface area contributed by atoms with Crippen LogP contribution in [0.25, 0.3) is 33.7 Å². The summed E-state index contributed by atoms with van der Waals surface area (Å²) >= 11 is 0. The number of nitrogens with zero attached hydrogens (tertiary/aromatic N) is 2. The molecule has 3 heteroatoms. The van der Waals surface area contributed by atoms with Crippen molar-refractivity contribution < 1.29 is 4.42 Å². The molecule has 0 fully saturated rings. The maximum absolute atomic E-state index is 9.70. The Morgan fingerprint density at radius 2 is 1.59 bits per heavy atom. The molecule has 0 amide bonds. The molecule has 1 heterocycles. The minimum Gasteiger partial charge on any atom is -0.457 e. The zero-order chi connectivity index (χ0) is 18.6. The summed E-state index contributed by atoms with van der Waals surface area (Å²) in [6, 6.07) is 29.3. The first-order valence-electron chi connectivity index (χ1n) is 8.49. The van der Waals surface area contributed by atoms with Crippen molar-refractivity contribution in [1.82, 2.24) is 0 Å². The van der Waals surface area contributed by atoms with E-state index in [9.17, 15) is 10.5 Å². The zero-order valence-corrected chi connectivity index (χ0v) is 14.4. The number of hydrogen-bond acceptors (Lipinski definition) is 3. The van der Waals surface area contributed by atoms with Crippen LogP contribution in [0.4, 0.5) is 0 Å². The maximum Gasteiger partial charge on any atom is 0.136 e. The average Bonchev–Trinajstić information content (AvgIpc) is 3.20. The Kier molecular flexibility index (Phi) is 4.27. The monoisotopic (exact) mass is 346 g/mol. The van der Waals surface area contributed by atoms with Gasteiger partial charge in [-0.1, -0.05) is 54.6 Å². The number of allylic oxidation sites excluding steroid dienone is 1. The van der Waals surface area contributed by atoms with E-state index in [0.29, 0.717) is 22.7 Å². The van der Waals surface area contributed by atoms with Crippen molar-refractivity contribution in [2.75, 3.05) is 0 Å². The fraction of sp³-hybridized carbons (Fsp3) is 0. The Morgan fingerprint density at radius 3 is 2.44 bits per heavy atom. The molecule has 0 spiro atoms. The molecule has 0 saturated carbocycles. The average molecular weight is 346 g/mol. The molecule has 0 atom stereocenters. The van der Waals surface area contributed by atoms with Crippen molar-refractivity contribution in [2.45, 2.75) is 0 Å². The third-order valence-corrected chi connectivity index (χ3v) is 4.43. The molecule has 0 aliphatic heterocycles. The SMILES string of the molecule is N#C/C(=C/c1ccc(-c2ccccc2C#N)o1)c1cccc2ccccc12. The van der Waals surface area contributed by atoms with E-state index < -0.39 is 0 Å². The second kappa shape index (κ2) is 7.04. The quantitative estimate of drug-likeness (QED) is 0.425. The van der Waals surface area contributed by atoms with E-state index in [0.717, 1.165) is 21.9 Å². The Hall–Kier alpha value is -4.08. The molecule has 0 N–H and O–H groups in total. The second-order valence-corrected chi connectivity index (χ2v) is 6.06. The van der Waals surface area contributed by atoms with E-state index in [1.54, 1.807) is 12.1 Å². The van der Waals surface area contributed by atoms with Crippen molar-refractivity contribution >= 4 is 22.4 Å². The summed E-state index contributed by atoms with van der Waals surface area (Å²) in [6.07, 6.45) is 1.74. The highest BCUT2D eigenvalue weighted by Crippen LogP contribution is 2.29. The van der Waals surface area contributed by atoms with Crippen molar-refractivity contribution in [3.8, 4) is 23.5 Å². The molecule has 0 unspecified atom stereocenters. The van der Waals surface area contributed by atoms with E-state index in [2.05, 4.69) is 12.1 Å². The summed E-state index contributed by atoms with van der Waals surface area (Å²) in [5.74, 6) is 1.18. The van der Waals surface area contributed by atoms with Gasteiger partial charge >= 0.3 is 0 Å². The highest BCUT2D eigenvalue weighted by Gasteiger charge is 2.10. The third-order valence-electron chi connectivity index (χ3n) is 4.43. The molecule has 3 nitrogen and oxygen atoms in total. The van der Waals surface area contributed by atoms with Crippen molar-refractivity contribution in [3.63, 3.8) is 0 Å². The van der Waals surface area contributed by atoms with Crippen LogP contribution in [0.3, 0.4) is 0 Å². The number of furan rings is 1. The number of nitriles is 2. The normalized spacial score (nSPS) is 11.1. The van der Waals surface area contributed by atoms with Gasteiger partial charge in [-0.3, -0.25) is 0 Å². The van der Waals surface area contributed by atoms with Crippen LogP contribution in [0, 0.1) is 22.7 Å². The molecule has 4 rings (SSSR count). The second-order valence-electron chi connectivity index (χ2n) is 6.06. The van der Waals surface area contributed by atoms with E-state index >= 15 is 0 Å². The van der Waals surface area contributed by atoms with Gasteiger partial charge in [-0.25, -0.2) is 0 Å². The predicted molar refractivity (Wildman–Crippen MR) is 106 cm³/mol. The van der Waals surface area contributed by atoms with Crippen LogP contribution < -0.4 is 0 Å². The van der Waals surface area contributed by atoms with Crippen LogP contribution in [0.1, 0.15) is 16.9 Å². The first-order chi connectivity index (χ1) is 13.3. The number of benzene rings is 3. The highest BCUT2D eigenvalue weighted by atomic mass is 16.3. The summed E-state index contributed by atoms with van der Waals surface area (Å²) in [4.78, 5) is 0. The lowest BCUT2D eigenvalue weighted by Gasteiger charge is -2.05. The van der Waals surface area contributed by atoms with Gasteiger partial charge in [0.2, 0.25) is 0 Å². The van der Waals surface area contributed by atoms with Crippen LogP contribution in [0.2, 0.25) is 0 Å². The topological polar surface area (TPSA) is 60.7 Å². The van der Waals surface area contributed by atoms with Crippen LogP contribution in [-0.2, 0) is 0 Å². The molecular weight excluding hydrogens is 332 g/mol. The highest BCUT2D eigenvalue weighted by molar-refractivity contribution is 6.01. The minimum atomic E-state index is 0.529. The molecule has 0 aliphatic rings. The van der Waals surface area contributed by atoms with Crippen LogP contribution in [-0.4, -0.2) is 0 Å². The largest absolute Gasteiger partial charge is 0.457 e. The zero-order valence-electron chi connectivity index (χ0n) is 14.4. The predicted octanol–water partition coefficient (Wildman–Crippen LogP) is 6.04. The molecule has 126 valence electrons. The lowest BCUT2D eigenvalue weighted by molar-refractivity contribution is 0.572. The lowest BCUT2D eigenvalue weighted by atomic mass is 9.98. The molecule has 0 saturated heterocycles. The van der Waals surface area contributed by atoms with Gasteiger partial charge in [0.1, 0.15) is 11.5 Å². The lowest BCUT2D eigenvalue weighted by Crippen LogP contribution is -1.84. The fourth-order valence-corrected chi connectivity index (χ4v) is 3.14. The molecule has 0 radical (unpaired) electrons. The Labute approximate surface area is 157 Å². The maximum atomic E-state index is 9.70. The number of hydrogen-bond donors (Lipinski definition) is 0. The summed E-state index contributed by atoms with van der Waals surface area (Å²) < 4.78 is 5.90. The van der Waals surface area contributed by atoms with Crippen molar-refractivity contribution in [3.05, 3.63) is 95.7 Å². The van der Waals surface area contributed by atoms with Gasteiger partial charge < -0.3 is 4.42 Å². The van der Waals surface area contributed by atoms with Gasteiger partial charge in [0.25, 0.3) is 0 Å². The molecule has 0 bridgehead atoms. The van der Waals surface area contributed by atoms with E-state index in [1.807, 2.05) is 72.8 Å². The van der Waals surface area contributed by atoms with Crippen LogP contribution in [0.15, 0.2) is 83.3 Å². The van der Waals surface area contributed by atoms with E-state index in [-0.39, 0.29) is 0 Å². The van der Waals surface area contributed by atoms with Gasteiger partial charge in [0, 0.05) is 11.1 Å². The molecule has 0 aliphatic carbocycles. The van der Waals surface area contributed by atoms with Crippen LogP contribution >= 0.6 is 0 Å². The van der Waals surface area contributed by atoms with Crippen molar-refractivity contribution in [2.24, 2.45) is 0 Å². The standard InChI is InChI=1S/C24H14N2O/c25-15-18-7-2-4-10-23(18)24-13-12-20(27-24)14-19(16-26)22-11-5-8-17-6-1-3-9-21(17)22/h1-14H/b19-14-. The first kappa shape index (κ1) is 16.4. The summed E-state index contributed by atoms with van der Waals surface area (Å²) in [6.45, 7) is 0. The Morgan fingerprint density at radius 1 is 0.815 bits per heavy atom. The third kappa shape index (κ3) is 3.11. The molecule has 3 aromatic carbocycles. The number of fused-ring (bicyclic) bond motifs is 1. The van der Waals surface area contributed by atoms with E-state index in [1.165, 1.54) is 0 Å². The Bertz CT molecular complexity index is 1240. The summed E-state index contributed by atoms with van der Waals surface area (Å²) in [5, 5.41) is 21.1. The van der Waals surface area contributed by atoms with Gasteiger partial charge in [-0.15, -0.1) is 0 Å². The van der Waals surface area contributed by atoms with E-state index in [4.69, 9.17) is 4.42 Å². The molecular formula is C24H14N2O. The fourth-order valence-electron chi connectivity index (χ4n) is 3.14. The molecule has 4 aromatic rings. The van der Waals surface area contributed by atoms with Gasteiger partial charge in [-0.2, -0.15) is 10.5 Å². The molecule has 27 heavy (non-hydrogen) atoms. The van der Waals surface area contributed by atoms with Gasteiger partial charge in [0.05, 0.1) is 23.3 Å². The van der Waals surface area contributed by atoms with Gasteiger partial charge in [0.15, 0.2) is 0 Å².